The number of hydrogen-bond acceptors (Lipinski definition) is 6. The lowest BCUT2D eigenvalue weighted by molar-refractivity contribution is -0.152. The Balaban J connectivity index is 1.78. The fourth-order valence-electron chi connectivity index (χ4n) is 2.93. The molecule has 1 saturated heterocycles. The number of anilines is 1. The third kappa shape index (κ3) is 3.01. The molecule has 2 aromatic rings. The average Bonchev–Trinajstić information content (AvgIpc) is 3.09. The Morgan fingerprint density at radius 1 is 1.54 bits per heavy atom. The summed E-state index contributed by atoms with van der Waals surface area (Å²) in [5.74, 6) is -0.310. The molecule has 1 aliphatic rings. The van der Waals surface area contributed by atoms with E-state index in [4.69, 9.17) is 15.2 Å². The third-order valence-electron chi connectivity index (χ3n) is 4.17. The van der Waals surface area contributed by atoms with Crippen LogP contribution in [0.1, 0.15) is 38.5 Å². The number of esters is 1. The van der Waals surface area contributed by atoms with E-state index in [0.717, 1.165) is 18.4 Å². The van der Waals surface area contributed by atoms with Crippen LogP contribution in [0.5, 0.6) is 0 Å². The number of hydrogen-bond donors (Lipinski definition) is 2. The summed E-state index contributed by atoms with van der Waals surface area (Å²) in [4.78, 5) is 30.4. The number of carbonyl (C=O) groups is 1. The van der Waals surface area contributed by atoms with Gasteiger partial charge in [-0.05, 0) is 25.3 Å². The lowest BCUT2D eigenvalue weighted by Crippen LogP contribution is -2.21. The minimum atomic E-state index is -0.255. The van der Waals surface area contributed by atoms with Crippen molar-refractivity contribution in [3.05, 3.63) is 22.1 Å². The molecule has 3 N–H and O–H groups in total. The highest BCUT2D eigenvalue weighted by molar-refractivity contribution is 5.80. The van der Waals surface area contributed by atoms with Gasteiger partial charge in [0.2, 0.25) is 5.95 Å². The molecule has 3 rings (SSSR count). The number of carbonyl (C=O) groups excluding carboxylic acids is 1. The number of nitrogens with one attached hydrogen (secondary N) is 1. The van der Waals surface area contributed by atoms with Crippen LogP contribution >= 0.6 is 0 Å². The van der Waals surface area contributed by atoms with Gasteiger partial charge in [0, 0.05) is 6.20 Å². The molecular weight excluding hydrogens is 312 g/mol. The molecule has 0 saturated carbocycles. The van der Waals surface area contributed by atoms with Gasteiger partial charge in [-0.15, -0.1) is 0 Å². The molecule has 1 fully saturated rings. The van der Waals surface area contributed by atoms with E-state index in [9.17, 15) is 9.59 Å². The molecule has 2 atom stereocenters. The largest absolute Gasteiger partial charge is 0.463 e. The molecule has 8 heteroatoms. The van der Waals surface area contributed by atoms with E-state index >= 15 is 0 Å². The molecule has 3 heterocycles. The van der Waals surface area contributed by atoms with Gasteiger partial charge in [0.15, 0.2) is 5.65 Å². The molecule has 2 aromatic heterocycles. The van der Waals surface area contributed by atoms with E-state index in [1.165, 1.54) is 0 Å². The predicted octanol–water partition coefficient (Wildman–Crippen LogP) is 1.49. The lowest BCUT2D eigenvalue weighted by atomic mass is 10.2. The number of rotatable bonds is 4. The Hall–Kier alpha value is -2.35. The Labute approximate surface area is 139 Å². The molecule has 0 spiro atoms. The highest BCUT2D eigenvalue weighted by atomic mass is 16.6. The second kappa shape index (κ2) is 6.27. The highest BCUT2D eigenvalue weighted by Crippen LogP contribution is 2.32. The third-order valence-corrected chi connectivity index (χ3v) is 4.17. The number of aryl methyl sites for hydroxylation is 1. The van der Waals surface area contributed by atoms with Crippen molar-refractivity contribution < 1.29 is 14.3 Å². The van der Waals surface area contributed by atoms with E-state index in [-0.39, 0.29) is 42.3 Å². The summed E-state index contributed by atoms with van der Waals surface area (Å²) in [6, 6.07) is 0. The first-order valence-corrected chi connectivity index (χ1v) is 8.06. The maximum atomic E-state index is 12.1. The van der Waals surface area contributed by atoms with Crippen molar-refractivity contribution in [2.45, 2.75) is 45.9 Å². The minimum Gasteiger partial charge on any atom is -0.463 e. The van der Waals surface area contributed by atoms with Gasteiger partial charge in [-0.2, -0.15) is 4.98 Å². The molecule has 1 aliphatic heterocycles. The van der Waals surface area contributed by atoms with Crippen molar-refractivity contribution >= 4 is 23.0 Å². The van der Waals surface area contributed by atoms with Gasteiger partial charge in [-0.25, -0.2) is 0 Å². The molecule has 0 radical (unpaired) electrons. The molecule has 8 nitrogen and oxygen atoms in total. The van der Waals surface area contributed by atoms with Crippen LogP contribution in [-0.4, -0.2) is 33.2 Å². The van der Waals surface area contributed by atoms with Crippen LogP contribution in [0.15, 0.2) is 11.0 Å². The zero-order chi connectivity index (χ0) is 17.4. The Bertz CT molecular complexity index is 823. The molecule has 24 heavy (non-hydrogen) atoms. The topological polar surface area (TPSA) is 112 Å². The fourth-order valence-corrected chi connectivity index (χ4v) is 2.93. The Kier molecular flexibility index (Phi) is 4.31. The summed E-state index contributed by atoms with van der Waals surface area (Å²) >= 11 is 0. The molecule has 0 amide bonds. The summed E-state index contributed by atoms with van der Waals surface area (Å²) in [5, 5.41) is 0.516. The minimum absolute atomic E-state index is 0.0762. The highest BCUT2D eigenvalue weighted by Gasteiger charge is 2.29. The van der Waals surface area contributed by atoms with Crippen LogP contribution in [0.4, 0.5) is 5.95 Å². The van der Waals surface area contributed by atoms with Gasteiger partial charge in [-0.1, -0.05) is 13.8 Å². The van der Waals surface area contributed by atoms with Crippen LogP contribution in [0.3, 0.4) is 0 Å². The zero-order valence-electron chi connectivity index (χ0n) is 14.0. The zero-order valence-corrected chi connectivity index (χ0v) is 14.0. The van der Waals surface area contributed by atoms with Gasteiger partial charge in [0.25, 0.3) is 5.56 Å². The summed E-state index contributed by atoms with van der Waals surface area (Å²) in [5.41, 5.74) is 6.73. The number of nitrogens with zero attached hydrogens (tertiary/aromatic N) is 2. The lowest BCUT2D eigenvalue weighted by Gasteiger charge is -2.16. The number of aromatic amines is 1. The second-order valence-electron chi connectivity index (χ2n) is 6.44. The van der Waals surface area contributed by atoms with E-state index < -0.39 is 0 Å². The maximum absolute atomic E-state index is 12.1. The monoisotopic (exact) mass is 334 g/mol. The molecule has 0 bridgehead atoms. The van der Waals surface area contributed by atoms with E-state index in [1.807, 2.05) is 17.7 Å². The van der Waals surface area contributed by atoms with Gasteiger partial charge >= 0.3 is 5.97 Å². The average molecular weight is 334 g/mol. The Morgan fingerprint density at radius 3 is 3.00 bits per heavy atom. The normalized spacial score (nSPS) is 20.8. The first kappa shape index (κ1) is 16.5. The summed E-state index contributed by atoms with van der Waals surface area (Å²) in [7, 11) is 0. The van der Waals surface area contributed by atoms with Crippen molar-refractivity contribution in [3.63, 3.8) is 0 Å². The quantitative estimate of drug-likeness (QED) is 0.819. The standard InChI is InChI=1S/C16H22N4O4/c1-8(2)15(22)23-7-10-4-5-11(24-10)20-6-9(3)12-13(20)18-16(17)19-14(12)21/h6,8,10-11H,4-5,7H2,1-3H3,(H3,17,18,19,21). The summed E-state index contributed by atoms with van der Waals surface area (Å²) < 4.78 is 13.0. The fraction of sp³-hybridized carbons (Fsp3) is 0.562. The number of H-pyrrole nitrogens is 1. The van der Waals surface area contributed by atoms with Crippen LogP contribution in [0.2, 0.25) is 0 Å². The van der Waals surface area contributed by atoms with E-state index in [1.54, 1.807) is 13.8 Å². The van der Waals surface area contributed by atoms with Crippen molar-refractivity contribution in [1.29, 1.82) is 0 Å². The van der Waals surface area contributed by atoms with Gasteiger partial charge in [0.1, 0.15) is 12.8 Å². The maximum Gasteiger partial charge on any atom is 0.308 e. The van der Waals surface area contributed by atoms with Crippen LogP contribution in [0, 0.1) is 12.8 Å². The summed E-state index contributed by atoms with van der Waals surface area (Å²) in [6.45, 7) is 5.68. The van der Waals surface area contributed by atoms with Gasteiger partial charge in [-0.3, -0.25) is 14.6 Å². The first-order valence-electron chi connectivity index (χ1n) is 8.06. The van der Waals surface area contributed by atoms with Crippen molar-refractivity contribution in [1.82, 2.24) is 14.5 Å². The van der Waals surface area contributed by atoms with Crippen molar-refractivity contribution in [2.24, 2.45) is 5.92 Å². The first-order chi connectivity index (χ1) is 11.4. The van der Waals surface area contributed by atoms with Gasteiger partial charge in [0.05, 0.1) is 17.4 Å². The number of ether oxygens (including phenoxy) is 2. The molecule has 2 unspecified atom stereocenters. The van der Waals surface area contributed by atoms with Crippen LogP contribution in [0.25, 0.3) is 11.0 Å². The Morgan fingerprint density at radius 2 is 2.29 bits per heavy atom. The van der Waals surface area contributed by atoms with E-state index in [0.29, 0.717) is 11.0 Å². The SMILES string of the molecule is Cc1cn(C2CCC(COC(=O)C(C)C)O2)c2nc(N)[nH]c(=O)c12. The van der Waals surface area contributed by atoms with E-state index in [2.05, 4.69) is 9.97 Å². The van der Waals surface area contributed by atoms with Crippen LogP contribution < -0.4 is 11.3 Å². The second-order valence-corrected chi connectivity index (χ2v) is 6.44. The molecule has 0 aliphatic carbocycles. The van der Waals surface area contributed by atoms with Crippen molar-refractivity contribution in [3.8, 4) is 0 Å². The summed E-state index contributed by atoms with van der Waals surface area (Å²) in [6.07, 6.45) is 2.96. The predicted molar refractivity (Wildman–Crippen MR) is 88.4 cm³/mol. The van der Waals surface area contributed by atoms with Crippen molar-refractivity contribution in [2.75, 3.05) is 12.3 Å². The van der Waals surface area contributed by atoms with Gasteiger partial charge < -0.3 is 19.8 Å². The number of fused-ring (bicyclic) bond motifs is 1. The number of aromatic nitrogens is 3. The number of nitrogen functional groups attached to an aromatic ring is 1. The smallest absolute Gasteiger partial charge is 0.308 e. The molecular formula is C16H22N4O4. The molecule has 130 valence electrons. The van der Waals surface area contributed by atoms with Crippen LogP contribution in [-0.2, 0) is 14.3 Å². The molecule has 0 aromatic carbocycles. The number of nitrogens with two attached hydrogens (primary N) is 1.